The fourth-order valence-corrected chi connectivity index (χ4v) is 2.12. The Hall–Kier alpha value is -1.54. The smallest absolute Gasteiger partial charge is 0.162 e. The standard InChI is InChI=1S/C14H13ClO2/c1-3-12(16)10-4-6-11-9(8-10)5-7-13(17-2)14(11)15/h4-8H,3H2,1-2H3. The van der Waals surface area contributed by atoms with E-state index in [1.54, 1.807) is 13.2 Å². The second-order valence-electron chi connectivity index (χ2n) is 3.79. The van der Waals surface area contributed by atoms with Crippen LogP contribution < -0.4 is 4.74 Å². The van der Waals surface area contributed by atoms with E-state index in [0.717, 1.165) is 16.3 Å². The monoisotopic (exact) mass is 248 g/mol. The third kappa shape index (κ3) is 2.13. The lowest BCUT2D eigenvalue weighted by Gasteiger charge is -2.07. The second-order valence-corrected chi connectivity index (χ2v) is 4.17. The van der Waals surface area contributed by atoms with Crippen LogP contribution in [0.3, 0.4) is 0 Å². The average Bonchev–Trinajstić information content (AvgIpc) is 2.38. The summed E-state index contributed by atoms with van der Waals surface area (Å²) in [5, 5.41) is 2.44. The minimum Gasteiger partial charge on any atom is -0.495 e. The molecule has 0 aliphatic heterocycles. The minimum absolute atomic E-state index is 0.138. The van der Waals surface area contributed by atoms with E-state index >= 15 is 0 Å². The molecule has 0 radical (unpaired) electrons. The zero-order valence-electron chi connectivity index (χ0n) is 9.79. The van der Waals surface area contributed by atoms with E-state index in [0.29, 0.717) is 17.2 Å². The highest BCUT2D eigenvalue weighted by atomic mass is 35.5. The van der Waals surface area contributed by atoms with Crippen molar-refractivity contribution in [2.45, 2.75) is 13.3 Å². The lowest BCUT2D eigenvalue weighted by molar-refractivity contribution is 0.0988. The van der Waals surface area contributed by atoms with Crippen molar-refractivity contribution >= 4 is 28.2 Å². The summed E-state index contributed by atoms with van der Waals surface area (Å²) in [6.07, 6.45) is 0.509. The Bertz CT molecular complexity index is 576. The van der Waals surface area contributed by atoms with Crippen molar-refractivity contribution < 1.29 is 9.53 Å². The maximum Gasteiger partial charge on any atom is 0.162 e. The number of fused-ring (bicyclic) bond motifs is 1. The minimum atomic E-state index is 0.138. The SMILES string of the molecule is CCC(=O)c1ccc2c(Cl)c(OC)ccc2c1. The first kappa shape index (κ1) is 11.9. The van der Waals surface area contributed by atoms with Crippen molar-refractivity contribution in [3.8, 4) is 5.75 Å². The van der Waals surface area contributed by atoms with Gasteiger partial charge in [-0.15, -0.1) is 0 Å². The van der Waals surface area contributed by atoms with Crippen LogP contribution in [0.25, 0.3) is 10.8 Å². The Morgan fingerprint density at radius 3 is 2.71 bits per heavy atom. The van der Waals surface area contributed by atoms with E-state index in [-0.39, 0.29) is 5.78 Å². The highest BCUT2D eigenvalue weighted by Gasteiger charge is 2.08. The highest BCUT2D eigenvalue weighted by molar-refractivity contribution is 6.37. The molecule has 0 saturated heterocycles. The Morgan fingerprint density at radius 1 is 1.29 bits per heavy atom. The second kappa shape index (κ2) is 4.76. The van der Waals surface area contributed by atoms with E-state index in [1.165, 1.54) is 0 Å². The fourth-order valence-electron chi connectivity index (χ4n) is 1.81. The van der Waals surface area contributed by atoms with Gasteiger partial charge in [-0.3, -0.25) is 4.79 Å². The number of Topliss-reactive ketones (excluding diaryl/α,β-unsaturated/α-hetero) is 1. The molecule has 88 valence electrons. The predicted octanol–water partition coefficient (Wildman–Crippen LogP) is 4.09. The van der Waals surface area contributed by atoms with Crippen LogP contribution in [0.5, 0.6) is 5.75 Å². The summed E-state index contributed by atoms with van der Waals surface area (Å²) in [6.45, 7) is 1.85. The van der Waals surface area contributed by atoms with Crippen LogP contribution in [-0.2, 0) is 0 Å². The number of ketones is 1. The Kier molecular flexibility index (Phi) is 3.34. The molecule has 0 fully saturated rings. The summed E-state index contributed by atoms with van der Waals surface area (Å²) in [6, 6.07) is 9.26. The largest absolute Gasteiger partial charge is 0.495 e. The first-order valence-electron chi connectivity index (χ1n) is 5.46. The molecule has 0 heterocycles. The number of ether oxygens (including phenoxy) is 1. The molecule has 2 aromatic carbocycles. The molecule has 3 heteroatoms. The van der Waals surface area contributed by atoms with Crippen molar-refractivity contribution in [1.29, 1.82) is 0 Å². The molecule has 2 aromatic rings. The number of rotatable bonds is 3. The Balaban J connectivity index is 2.61. The zero-order chi connectivity index (χ0) is 12.4. The molecule has 0 N–H and O–H groups in total. The molecule has 0 aromatic heterocycles. The third-order valence-electron chi connectivity index (χ3n) is 2.78. The van der Waals surface area contributed by atoms with Crippen molar-refractivity contribution in [2.24, 2.45) is 0 Å². The quantitative estimate of drug-likeness (QED) is 0.765. The van der Waals surface area contributed by atoms with E-state index in [9.17, 15) is 4.79 Å². The van der Waals surface area contributed by atoms with Gasteiger partial charge >= 0.3 is 0 Å². The molecule has 0 aliphatic rings. The van der Waals surface area contributed by atoms with Gasteiger partial charge in [0.1, 0.15) is 5.75 Å². The molecule has 17 heavy (non-hydrogen) atoms. The van der Waals surface area contributed by atoms with Crippen LogP contribution in [0.1, 0.15) is 23.7 Å². The van der Waals surface area contributed by atoms with Gasteiger partial charge in [0.15, 0.2) is 5.78 Å². The molecule has 0 spiro atoms. The van der Waals surface area contributed by atoms with Gasteiger partial charge < -0.3 is 4.74 Å². The van der Waals surface area contributed by atoms with Crippen LogP contribution in [0.15, 0.2) is 30.3 Å². The van der Waals surface area contributed by atoms with Gasteiger partial charge in [-0.2, -0.15) is 0 Å². The molecule has 0 atom stereocenters. The van der Waals surface area contributed by atoms with Gasteiger partial charge in [-0.25, -0.2) is 0 Å². The van der Waals surface area contributed by atoms with Crippen molar-refractivity contribution in [3.63, 3.8) is 0 Å². The highest BCUT2D eigenvalue weighted by Crippen LogP contribution is 2.33. The molecule has 2 rings (SSSR count). The molecule has 2 nitrogen and oxygen atoms in total. The Labute approximate surface area is 105 Å². The summed E-state index contributed by atoms with van der Waals surface area (Å²) in [7, 11) is 1.59. The maximum atomic E-state index is 11.6. The van der Waals surface area contributed by atoms with Gasteiger partial charge in [-0.05, 0) is 17.5 Å². The Morgan fingerprint density at radius 2 is 2.06 bits per heavy atom. The number of hydrogen-bond acceptors (Lipinski definition) is 2. The molecular formula is C14H13ClO2. The van der Waals surface area contributed by atoms with Gasteiger partial charge in [-0.1, -0.05) is 36.7 Å². The number of halogens is 1. The molecule has 0 bridgehead atoms. The number of benzene rings is 2. The van der Waals surface area contributed by atoms with Crippen LogP contribution in [0.2, 0.25) is 5.02 Å². The average molecular weight is 249 g/mol. The van der Waals surface area contributed by atoms with Crippen LogP contribution in [0.4, 0.5) is 0 Å². The third-order valence-corrected chi connectivity index (χ3v) is 3.17. The number of carbonyl (C=O) groups is 1. The summed E-state index contributed by atoms with van der Waals surface area (Å²) in [4.78, 5) is 11.6. The predicted molar refractivity (Wildman–Crippen MR) is 70.1 cm³/mol. The summed E-state index contributed by atoms with van der Waals surface area (Å²) in [5.74, 6) is 0.785. The summed E-state index contributed by atoms with van der Waals surface area (Å²) < 4.78 is 5.15. The molecule has 0 amide bonds. The number of carbonyl (C=O) groups excluding carboxylic acids is 1. The van der Waals surface area contributed by atoms with Crippen molar-refractivity contribution in [1.82, 2.24) is 0 Å². The van der Waals surface area contributed by atoms with Gasteiger partial charge in [0.2, 0.25) is 0 Å². The van der Waals surface area contributed by atoms with E-state index in [2.05, 4.69) is 0 Å². The number of methoxy groups -OCH3 is 1. The fraction of sp³-hybridized carbons (Fsp3) is 0.214. The molecule has 0 saturated carbocycles. The maximum absolute atomic E-state index is 11.6. The van der Waals surface area contributed by atoms with E-state index in [1.807, 2.05) is 31.2 Å². The number of hydrogen-bond donors (Lipinski definition) is 0. The summed E-state index contributed by atoms with van der Waals surface area (Å²) >= 11 is 6.20. The lowest BCUT2D eigenvalue weighted by Crippen LogP contribution is -1.96. The normalized spacial score (nSPS) is 10.5. The molecule has 0 unspecified atom stereocenters. The first-order chi connectivity index (χ1) is 8.17. The van der Waals surface area contributed by atoms with Gasteiger partial charge in [0.05, 0.1) is 12.1 Å². The van der Waals surface area contributed by atoms with Crippen LogP contribution >= 0.6 is 11.6 Å². The van der Waals surface area contributed by atoms with Crippen LogP contribution in [0, 0.1) is 0 Å². The van der Waals surface area contributed by atoms with E-state index in [4.69, 9.17) is 16.3 Å². The van der Waals surface area contributed by atoms with Crippen molar-refractivity contribution in [3.05, 3.63) is 40.9 Å². The first-order valence-corrected chi connectivity index (χ1v) is 5.84. The van der Waals surface area contributed by atoms with Crippen molar-refractivity contribution in [2.75, 3.05) is 7.11 Å². The van der Waals surface area contributed by atoms with Gasteiger partial charge in [0, 0.05) is 17.4 Å². The van der Waals surface area contributed by atoms with Crippen LogP contribution in [-0.4, -0.2) is 12.9 Å². The topological polar surface area (TPSA) is 26.3 Å². The van der Waals surface area contributed by atoms with E-state index < -0.39 is 0 Å². The summed E-state index contributed by atoms with van der Waals surface area (Å²) in [5.41, 5.74) is 0.723. The van der Waals surface area contributed by atoms with Gasteiger partial charge in [0.25, 0.3) is 0 Å². The lowest BCUT2D eigenvalue weighted by atomic mass is 10.0. The molecule has 0 aliphatic carbocycles. The zero-order valence-corrected chi connectivity index (χ0v) is 10.5. The molecular weight excluding hydrogens is 236 g/mol.